The molecule has 0 unspecified atom stereocenters. The molecule has 0 spiro atoms. The number of hydrogen-bond acceptors (Lipinski definition) is 8. The summed E-state index contributed by atoms with van der Waals surface area (Å²) in [7, 11) is 0. The van der Waals surface area contributed by atoms with Crippen molar-refractivity contribution in [1.82, 2.24) is 34.1 Å². The van der Waals surface area contributed by atoms with E-state index in [9.17, 15) is 19.2 Å². The van der Waals surface area contributed by atoms with Gasteiger partial charge < -0.3 is 28.6 Å². The first kappa shape index (κ1) is 36.5. The lowest BCUT2D eigenvalue weighted by molar-refractivity contribution is -0.121. The highest BCUT2D eigenvalue weighted by Gasteiger charge is 2.26. The molecule has 1 N–H and O–H groups in total. The molecule has 7 rings (SSSR count). The minimum absolute atomic E-state index is 0.0138. The topological polar surface area (TPSA) is 122 Å². The van der Waals surface area contributed by atoms with Gasteiger partial charge in [0, 0.05) is 88.1 Å². The van der Waals surface area contributed by atoms with Crippen molar-refractivity contribution in [2.45, 2.75) is 77.6 Å². The van der Waals surface area contributed by atoms with Crippen molar-refractivity contribution in [2.24, 2.45) is 5.92 Å². The Morgan fingerprint density at radius 2 is 1.58 bits per heavy atom. The van der Waals surface area contributed by atoms with Crippen LogP contribution >= 0.6 is 0 Å². The first-order chi connectivity index (χ1) is 25.8. The van der Waals surface area contributed by atoms with E-state index in [4.69, 9.17) is 4.74 Å². The largest absolute Gasteiger partial charge is 0.490 e. The predicted molar refractivity (Wildman–Crippen MR) is 205 cm³/mol. The molecule has 280 valence electrons. The van der Waals surface area contributed by atoms with Gasteiger partial charge in [0.1, 0.15) is 11.9 Å². The van der Waals surface area contributed by atoms with Crippen molar-refractivity contribution < 1.29 is 14.3 Å². The maximum atomic E-state index is 13.1. The van der Waals surface area contributed by atoms with Crippen LogP contribution in [0, 0.1) is 5.92 Å². The maximum absolute atomic E-state index is 13.1. The Morgan fingerprint density at radius 1 is 0.811 bits per heavy atom. The van der Waals surface area contributed by atoms with E-state index >= 15 is 0 Å². The van der Waals surface area contributed by atoms with E-state index < -0.39 is 6.03 Å². The summed E-state index contributed by atoms with van der Waals surface area (Å²) in [6, 6.07) is 13.4. The number of aryl methyl sites for hydroxylation is 1. The molecule has 0 radical (unpaired) electrons. The van der Waals surface area contributed by atoms with Crippen molar-refractivity contribution in [1.29, 1.82) is 0 Å². The fraction of sp³-hybridized carbons (Fsp3) is 0.488. The quantitative estimate of drug-likeness (QED) is 0.211. The van der Waals surface area contributed by atoms with E-state index in [0.29, 0.717) is 36.5 Å². The number of urea groups is 1. The highest BCUT2D eigenvalue weighted by atomic mass is 16.5. The third-order valence-corrected chi connectivity index (χ3v) is 11.1. The lowest BCUT2D eigenvalue weighted by Crippen LogP contribution is -2.49. The average molecular weight is 722 g/mol. The molecule has 3 fully saturated rings. The SMILES string of the molecule is CCCCn1cc(-c2ccc(OC3CCN(CC4CCN(CCn5cccc(CN6CCC(=O)NC6=O)c5=O)CC4)CC3)cc2)c2ccncc2c1=O. The molecule has 3 amide bonds. The Kier molecular flexibility index (Phi) is 11.7. The van der Waals surface area contributed by atoms with Crippen LogP contribution < -0.4 is 21.2 Å². The van der Waals surface area contributed by atoms with Crippen LogP contribution in [0.4, 0.5) is 4.79 Å². The third kappa shape index (κ3) is 8.88. The standard InChI is InChI=1S/C41H51N7O5/c1-2-3-17-47-29-37(35-10-16-42-26-36(35)40(47)51)31-6-8-33(9-7-31)53-34-13-21-45(22-14-34)27-30-11-19-44(20-12-30)24-25-46-18-4-5-32(39(46)50)28-48-23-15-38(49)43-41(48)52/h4-10,16,18,26,29-30,34H,2-3,11-15,17,19-25,27-28H2,1H3,(H,43,49,52). The van der Waals surface area contributed by atoms with Gasteiger partial charge in [-0.15, -0.1) is 0 Å². The summed E-state index contributed by atoms with van der Waals surface area (Å²) >= 11 is 0. The van der Waals surface area contributed by atoms with E-state index in [0.717, 1.165) is 100 Å². The van der Waals surface area contributed by atoms with E-state index in [1.54, 1.807) is 23.0 Å². The van der Waals surface area contributed by atoms with Crippen LogP contribution in [0.3, 0.4) is 0 Å². The molecule has 0 aliphatic carbocycles. The number of piperidine rings is 2. The summed E-state index contributed by atoms with van der Waals surface area (Å²) in [6.07, 6.45) is 14.0. The molecule has 6 heterocycles. The van der Waals surface area contributed by atoms with E-state index in [1.807, 2.05) is 29.1 Å². The number of carbonyl (C=O) groups is 2. The molecule has 0 atom stereocenters. The van der Waals surface area contributed by atoms with Crippen LogP contribution in [0.25, 0.3) is 21.9 Å². The maximum Gasteiger partial charge on any atom is 0.324 e. The van der Waals surface area contributed by atoms with Crippen molar-refractivity contribution in [3.05, 3.63) is 93.5 Å². The number of pyridine rings is 3. The normalized spacial score (nSPS) is 18.1. The Bertz CT molecular complexity index is 2010. The van der Waals surface area contributed by atoms with Crippen LogP contribution in [-0.4, -0.2) is 92.7 Å². The lowest BCUT2D eigenvalue weighted by atomic mass is 9.95. The fourth-order valence-electron chi connectivity index (χ4n) is 7.92. The Morgan fingerprint density at radius 3 is 2.34 bits per heavy atom. The number of carbonyl (C=O) groups excluding carboxylic acids is 2. The minimum atomic E-state index is -0.438. The zero-order valence-corrected chi connectivity index (χ0v) is 30.8. The molecular formula is C41H51N7O5. The summed E-state index contributed by atoms with van der Waals surface area (Å²) in [6.45, 7) is 10.0. The van der Waals surface area contributed by atoms with Gasteiger partial charge in [-0.1, -0.05) is 31.5 Å². The number of fused-ring (bicyclic) bond motifs is 1. The molecule has 3 saturated heterocycles. The Balaban J connectivity index is 0.845. The van der Waals surface area contributed by atoms with Gasteiger partial charge in [0.2, 0.25) is 5.91 Å². The Labute approximate surface area is 310 Å². The van der Waals surface area contributed by atoms with Gasteiger partial charge in [-0.3, -0.25) is 24.7 Å². The van der Waals surface area contributed by atoms with Crippen molar-refractivity contribution in [3.63, 3.8) is 0 Å². The number of ether oxygens (including phenoxy) is 1. The number of amides is 3. The number of rotatable bonds is 13. The zero-order valence-electron chi connectivity index (χ0n) is 30.8. The molecule has 3 aromatic heterocycles. The highest BCUT2D eigenvalue weighted by molar-refractivity contribution is 5.96. The number of hydrogen-bond donors (Lipinski definition) is 1. The molecule has 12 nitrogen and oxygen atoms in total. The van der Waals surface area contributed by atoms with Gasteiger partial charge in [0.25, 0.3) is 11.1 Å². The monoisotopic (exact) mass is 721 g/mol. The summed E-state index contributed by atoms with van der Waals surface area (Å²) in [4.78, 5) is 60.6. The van der Waals surface area contributed by atoms with Crippen LogP contribution in [0.1, 0.15) is 57.4 Å². The highest BCUT2D eigenvalue weighted by Crippen LogP contribution is 2.29. The summed E-state index contributed by atoms with van der Waals surface area (Å²) < 4.78 is 10.0. The number of benzene rings is 1. The second kappa shape index (κ2) is 16.9. The zero-order chi connectivity index (χ0) is 36.7. The molecule has 1 aromatic carbocycles. The molecule has 12 heteroatoms. The fourth-order valence-corrected chi connectivity index (χ4v) is 7.92. The summed E-state index contributed by atoms with van der Waals surface area (Å²) in [5, 5.41) is 3.90. The third-order valence-electron chi connectivity index (χ3n) is 11.1. The van der Waals surface area contributed by atoms with Crippen molar-refractivity contribution in [3.8, 4) is 16.9 Å². The second-order valence-corrected chi connectivity index (χ2v) is 14.8. The number of unbranched alkanes of at least 4 members (excludes halogenated alkanes) is 1. The average Bonchev–Trinajstić information content (AvgIpc) is 3.18. The van der Waals surface area contributed by atoms with Gasteiger partial charge in [0.15, 0.2) is 0 Å². The van der Waals surface area contributed by atoms with E-state index in [2.05, 4.69) is 51.3 Å². The molecule has 4 aromatic rings. The number of imide groups is 1. The second-order valence-electron chi connectivity index (χ2n) is 14.8. The number of nitrogens with one attached hydrogen (secondary N) is 1. The number of aromatic nitrogens is 3. The molecule has 53 heavy (non-hydrogen) atoms. The minimum Gasteiger partial charge on any atom is -0.490 e. The molecule has 3 aliphatic rings. The van der Waals surface area contributed by atoms with E-state index in [1.165, 1.54) is 4.90 Å². The van der Waals surface area contributed by atoms with Gasteiger partial charge in [-0.25, -0.2) is 4.79 Å². The first-order valence-corrected chi connectivity index (χ1v) is 19.3. The molecule has 3 aliphatic heterocycles. The first-order valence-electron chi connectivity index (χ1n) is 19.3. The van der Waals surface area contributed by atoms with Crippen molar-refractivity contribution in [2.75, 3.05) is 45.8 Å². The van der Waals surface area contributed by atoms with Gasteiger partial charge in [-0.05, 0) is 86.3 Å². The summed E-state index contributed by atoms with van der Waals surface area (Å²) in [5.41, 5.74) is 2.59. The van der Waals surface area contributed by atoms with E-state index in [-0.39, 0.29) is 36.1 Å². The van der Waals surface area contributed by atoms with Gasteiger partial charge in [0.05, 0.1) is 11.9 Å². The molecule has 0 saturated carbocycles. The number of nitrogens with zero attached hydrogens (tertiary/aromatic N) is 6. The smallest absolute Gasteiger partial charge is 0.324 e. The Hall–Kier alpha value is -4.81. The summed E-state index contributed by atoms with van der Waals surface area (Å²) in [5.74, 6) is 1.28. The lowest BCUT2D eigenvalue weighted by Gasteiger charge is -2.37. The van der Waals surface area contributed by atoms with Crippen molar-refractivity contribution >= 4 is 22.7 Å². The van der Waals surface area contributed by atoms with Crippen LogP contribution in [0.2, 0.25) is 0 Å². The number of likely N-dealkylation sites (tertiary alicyclic amines) is 2. The van der Waals surface area contributed by atoms with Crippen LogP contribution in [0.5, 0.6) is 5.75 Å². The molecular weight excluding hydrogens is 670 g/mol. The van der Waals surface area contributed by atoms with Crippen LogP contribution in [-0.2, 0) is 24.4 Å². The molecule has 0 bridgehead atoms. The van der Waals surface area contributed by atoms with Crippen LogP contribution in [0.15, 0.2) is 76.8 Å². The van der Waals surface area contributed by atoms with Gasteiger partial charge in [-0.2, -0.15) is 0 Å². The predicted octanol–water partition coefficient (Wildman–Crippen LogP) is 4.72. The van der Waals surface area contributed by atoms with Gasteiger partial charge >= 0.3 is 6.03 Å².